The summed E-state index contributed by atoms with van der Waals surface area (Å²) in [5.74, 6) is 0.324. The van der Waals surface area contributed by atoms with E-state index in [4.69, 9.17) is 0 Å². The monoisotopic (exact) mass is 358 g/mol. The van der Waals surface area contributed by atoms with Crippen LogP contribution in [-0.2, 0) is 12.8 Å². The molecule has 0 atom stereocenters. The maximum atomic E-state index is 10.8. The molecule has 0 bridgehead atoms. The van der Waals surface area contributed by atoms with E-state index in [2.05, 4.69) is 13.8 Å². The second-order valence-corrected chi connectivity index (χ2v) is 7.39. The van der Waals surface area contributed by atoms with Crippen LogP contribution in [0, 0.1) is 19.8 Å². The predicted molar refractivity (Wildman–Crippen MR) is 104 cm³/mol. The van der Waals surface area contributed by atoms with Gasteiger partial charge in [-0.15, -0.1) is 0 Å². The predicted octanol–water partition coefficient (Wildman–Crippen LogP) is 3.57. The van der Waals surface area contributed by atoms with Gasteiger partial charge in [-0.1, -0.05) is 49.2 Å². The second kappa shape index (κ2) is 8.56. The Kier molecular flexibility index (Phi) is 6.68. The molecule has 0 fully saturated rings. The molecule has 4 N–H and O–H groups in total. The summed E-state index contributed by atoms with van der Waals surface area (Å²) in [6, 6.07) is 7.68. The lowest BCUT2D eigenvalue weighted by molar-refractivity contribution is 0.297. The van der Waals surface area contributed by atoms with Gasteiger partial charge in [0.1, 0.15) is 11.5 Å². The Labute approximate surface area is 155 Å². The van der Waals surface area contributed by atoms with Gasteiger partial charge in [0, 0.05) is 30.3 Å². The lowest BCUT2D eigenvalue weighted by Gasteiger charge is -2.26. The van der Waals surface area contributed by atoms with E-state index in [9.17, 15) is 20.4 Å². The molecular weight excluding hydrogens is 328 g/mol. The van der Waals surface area contributed by atoms with Crippen molar-refractivity contribution < 1.29 is 20.4 Å². The molecule has 0 heterocycles. The third-order valence-electron chi connectivity index (χ3n) is 4.82. The van der Waals surface area contributed by atoms with Crippen LogP contribution in [0.25, 0.3) is 0 Å². The van der Waals surface area contributed by atoms with E-state index in [-0.39, 0.29) is 36.5 Å². The zero-order valence-corrected chi connectivity index (χ0v) is 16.1. The molecule has 0 spiro atoms. The van der Waals surface area contributed by atoms with Crippen LogP contribution in [0.2, 0.25) is 0 Å². The number of hydrogen-bond acceptors (Lipinski definition) is 4. The molecular formula is C22H30O4. The molecule has 0 aliphatic heterocycles. The highest BCUT2D eigenvalue weighted by Crippen LogP contribution is 2.43. The summed E-state index contributed by atoms with van der Waals surface area (Å²) in [7, 11) is 0. The number of phenols is 2. The number of aliphatic hydroxyl groups excluding tert-OH is 2. The molecule has 0 saturated heterocycles. The van der Waals surface area contributed by atoms with E-state index >= 15 is 0 Å². The van der Waals surface area contributed by atoms with E-state index in [1.165, 1.54) is 0 Å². The van der Waals surface area contributed by atoms with Gasteiger partial charge in [-0.3, -0.25) is 0 Å². The number of rotatable bonds is 7. The normalized spacial score (nSPS) is 11.5. The summed E-state index contributed by atoms with van der Waals surface area (Å²) in [5, 5.41) is 40.2. The van der Waals surface area contributed by atoms with E-state index < -0.39 is 0 Å². The van der Waals surface area contributed by atoms with Gasteiger partial charge in [-0.25, -0.2) is 0 Å². The first-order valence-electron chi connectivity index (χ1n) is 9.16. The van der Waals surface area contributed by atoms with Gasteiger partial charge >= 0.3 is 0 Å². The maximum absolute atomic E-state index is 10.8. The molecule has 0 aliphatic rings. The van der Waals surface area contributed by atoms with Gasteiger partial charge in [-0.2, -0.15) is 0 Å². The number of aryl methyl sites for hydroxylation is 2. The molecule has 2 aromatic rings. The molecule has 2 rings (SSSR count). The van der Waals surface area contributed by atoms with Crippen molar-refractivity contribution in [2.45, 2.75) is 46.5 Å². The Morgan fingerprint density at radius 2 is 1.12 bits per heavy atom. The Morgan fingerprint density at radius 1 is 0.731 bits per heavy atom. The number of phenolic OH excluding ortho intramolecular Hbond substituents is 2. The summed E-state index contributed by atoms with van der Waals surface area (Å²) in [5.41, 5.74) is 4.98. The molecule has 0 saturated carbocycles. The van der Waals surface area contributed by atoms with Gasteiger partial charge in [0.05, 0.1) is 0 Å². The van der Waals surface area contributed by atoms with E-state index in [0.29, 0.717) is 12.8 Å². The Bertz CT molecular complexity index is 704. The molecule has 142 valence electrons. The van der Waals surface area contributed by atoms with Crippen molar-refractivity contribution in [1.29, 1.82) is 0 Å². The third kappa shape index (κ3) is 4.19. The second-order valence-electron chi connectivity index (χ2n) is 7.39. The standard InChI is InChI=1S/C22H30O4/c1-13(2)20(18-11-14(3)9-16(5-7-23)21(18)25)19-12-15(4)10-17(6-8-24)22(19)26/h9-13,20,23-26H,5-8H2,1-4H3. The summed E-state index contributed by atoms with van der Waals surface area (Å²) < 4.78 is 0. The van der Waals surface area contributed by atoms with Gasteiger partial charge in [0.15, 0.2) is 0 Å². The van der Waals surface area contributed by atoms with Crippen LogP contribution >= 0.6 is 0 Å². The maximum Gasteiger partial charge on any atom is 0.122 e. The fraction of sp³-hybridized carbons (Fsp3) is 0.455. The first kappa shape index (κ1) is 20.3. The van der Waals surface area contributed by atoms with Crippen molar-refractivity contribution in [1.82, 2.24) is 0 Å². The fourth-order valence-corrected chi connectivity index (χ4v) is 3.75. The Hall–Kier alpha value is -2.04. The Balaban J connectivity index is 2.69. The topological polar surface area (TPSA) is 80.9 Å². The molecule has 0 unspecified atom stereocenters. The molecule has 0 aliphatic carbocycles. The average molecular weight is 358 g/mol. The lowest BCUT2D eigenvalue weighted by Crippen LogP contribution is -2.12. The minimum Gasteiger partial charge on any atom is -0.507 e. The van der Waals surface area contributed by atoms with E-state index in [1.54, 1.807) is 0 Å². The first-order valence-corrected chi connectivity index (χ1v) is 9.16. The van der Waals surface area contributed by atoms with E-state index in [1.807, 2.05) is 38.1 Å². The SMILES string of the molecule is Cc1cc(CCO)c(O)c(C(c2cc(C)cc(CCO)c2O)C(C)C)c1. The third-order valence-corrected chi connectivity index (χ3v) is 4.82. The smallest absolute Gasteiger partial charge is 0.122 e. The summed E-state index contributed by atoms with van der Waals surface area (Å²) in [4.78, 5) is 0. The van der Waals surface area contributed by atoms with Crippen molar-refractivity contribution >= 4 is 0 Å². The summed E-state index contributed by atoms with van der Waals surface area (Å²) in [6.07, 6.45) is 0.780. The fourth-order valence-electron chi connectivity index (χ4n) is 3.75. The van der Waals surface area contributed by atoms with Gasteiger partial charge in [0.25, 0.3) is 0 Å². The van der Waals surface area contributed by atoms with Crippen LogP contribution < -0.4 is 0 Å². The number of hydrogen-bond donors (Lipinski definition) is 4. The zero-order chi connectivity index (χ0) is 19.4. The van der Waals surface area contributed by atoms with Crippen molar-refractivity contribution in [3.05, 3.63) is 57.6 Å². The molecule has 0 radical (unpaired) electrons. The van der Waals surface area contributed by atoms with Crippen LogP contribution in [0.15, 0.2) is 24.3 Å². The minimum absolute atomic E-state index is 0.0286. The molecule has 2 aromatic carbocycles. The van der Waals surface area contributed by atoms with Crippen molar-refractivity contribution in [3.8, 4) is 11.5 Å². The van der Waals surface area contributed by atoms with Crippen molar-refractivity contribution in [2.75, 3.05) is 13.2 Å². The van der Waals surface area contributed by atoms with Crippen molar-refractivity contribution in [2.24, 2.45) is 5.92 Å². The molecule has 4 nitrogen and oxygen atoms in total. The van der Waals surface area contributed by atoms with Crippen LogP contribution in [-0.4, -0.2) is 33.6 Å². The Morgan fingerprint density at radius 3 is 1.42 bits per heavy atom. The summed E-state index contributed by atoms with van der Waals surface area (Å²) in [6.45, 7) is 8.00. The van der Waals surface area contributed by atoms with Crippen molar-refractivity contribution in [3.63, 3.8) is 0 Å². The lowest BCUT2D eigenvalue weighted by atomic mass is 9.79. The summed E-state index contributed by atoms with van der Waals surface area (Å²) >= 11 is 0. The van der Waals surface area contributed by atoms with Crippen LogP contribution in [0.5, 0.6) is 11.5 Å². The minimum atomic E-state index is -0.190. The van der Waals surface area contributed by atoms with Gasteiger partial charge in [0.2, 0.25) is 0 Å². The van der Waals surface area contributed by atoms with Crippen LogP contribution in [0.4, 0.5) is 0 Å². The van der Waals surface area contributed by atoms with Crippen LogP contribution in [0.3, 0.4) is 0 Å². The molecule has 0 amide bonds. The van der Waals surface area contributed by atoms with Gasteiger partial charge < -0.3 is 20.4 Å². The number of aromatic hydroxyl groups is 2. The number of aliphatic hydroxyl groups is 2. The number of benzene rings is 2. The average Bonchev–Trinajstić information content (AvgIpc) is 2.56. The molecule has 0 aromatic heterocycles. The highest BCUT2D eigenvalue weighted by atomic mass is 16.3. The van der Waals surface area contributed by atoms with Crippen LogP contribution in [0.1, 0.15) is 53.1 Å². The molecule has 4 heteroatoms. The van der Waals surface area contributed by atoms with E-state index in [0.717, 1.165) is 33.4 Å². The highest BCUT2D eigenvalue weighted by Gasteiger charge is 2.26. The largest absolute Gasteiger partial charge is 0.507 e. The van der Waals surface area contributed by atoms with Gasteiger partial charge in [-0.05, 0) is 43.7 Å². The first-order chi connectivity index (χ1) is 12.3. The highest BCUT2D eigenvalue weighted by molar-refractivity contribution is 5.54. The molecule has 26 heavy (non-hydrogen) atoms. The zero-order valence-electron chi connectivity index (χ0n) is 16.1. The quantitative estimate of drug-likeness (QED) is 0.610.